The van der Waals surface area contributed by atoms with E-state index in [4.69, 9.17) is 14.2 Å². The summed E-state index contributed by atoms with van der Waals surface area (Å²) >= 11 is 0. The fraction of sp³-hybridized carbons (Fsp3) is 0.353. The van der Waals surface area contributed by atoms with Gasteiger partial charge in [-0.15, -0.1) is 0 Å². The standard InChI is InChI=1S/C17H20O4/c1-3-5-6-10-20-17(18)14-11-13-8-7-9-15(19-4-2)16(13)21-12-14/h5-9,11H,3-4,10,12H2,1-2H3/b6-5+. The summed E-state index contributed by atoms with van der Waals surface area (Å²) in [5.41, 5.74) is 1.35. The minimum atomic E-state index is -0.344. The number of hydrogen-bond donors (Lipinski definition) is 0. The topological polar surface area (TPSA) is 44.8 Å². The van der Waals surface area contributed by atoms with E-state index in [2.05, 4.69) is 0 Å². The molecule has 0 saturated carbocycles. The van der Waals surface area contributed by atoms with Crippen molar-refractivity contribution in [2.24, 2.45) is 0 Å². The van der Waals surface area contributed by atoms with Crippen LogP contribution in [0.25, 0.3) is 6.08 Å². The van der Waals surface area contributed by atoms with Crippen molar-refractivity contribution in [3.63, 3.8) is 0 Å². The molecule has 0 N–H and O–H groups in total. The van der Waals surface area contributed by atoms with Crippen LogP contribution in [0.15, 0.2) is 35.9 Å². The highest BCUT2D eigenvalue weighted by Crippen LogP contribution is 2.35. The van der Waals surface area contributed by atoms with Crippen molar-refractivity contribution in [3.8, 4) is 11.5 Å². The number of allylic oxidation sites excluding steroid dienone is 1. The largest absolute Gasteiger partial charge is 0.490 e. The predicted molar refractivity (Wildman–Crippen MR) is 81.5 cm³/mol. The lowest BCUT2D eigenvalue weighted by Crippen LogP contribution is -2.17. The molecule has 0 amide bonds. The summed E-state index contributed by atoms with van der Waals surface area (Å²) < 4.78 is 16.3. The van der Waals surface area contributed by atoms with Crippen molar-refractivity contribution in [1.82, 2.24) is 0 Å². The number of carbonyl (C=O) groups is 1. The monoisotopic (exact) mass is 288 g/mol. The minimum Gasteiger partial charge on any atom is -0.490 e. The fourth-order valence-corrected chi connectivity index (χ4v) is 2.02. The van der Waals surface area contributed by atoms with Gasteiger partial charge in [-0.3, -0.25) is 0 Å². The molecule has 0 aliphatic carbocycles. The van der Waals surface area contributed by atoms with Gasteiger partial charge in [-0.25, -0.2) is 4.79 Å². The lowest BCUT2D eigenvalue weighted by atomic mass is 10.1. The van der Waals surface area contributed by atoms with Gasteiger partial charge in [-0.2, -0.15) is 0 Å². The van der Waals surface area contributed by atoms with E-state index in [9.17, 15) is 4.79 Å². The third-order valence-corrected chi connectivity index (χ3v) is 2.99. The van der Waals surface area contributed by atoms with E-state index in [0.29, 0.717) is 23.7 Å². The Balaban J connectivity index is 2.09. The number of rotatable bonds is 6. The Labute approximate surface area is 125 Å². The zero-order chi connectivity index (χ0) is 15.1. The van der Waals surface area contributed by atoms with Crippen LogP contribution in [0.4, 0.5) is 0 Å². The van der Waals surface area contributed by atoms with E-state index in [1.807, 2.05) is 44.2 Å². The van der Waals surface area contributed by atoms with E-state index >= 15 is 0 Å². The van der Waals surface area contributed by atoms with Crippen LogP contribution in [0.5, 0.6) is 11.5 Å². The Morgan fingerprint density at radius 1 is 1.33 bits per heavy atom. The van der Waals surface area contributed by atoms with Crippen LogP contribution >= 0.6 is 0 Å². The molecule has 4 nitrogen and oxygen atoms in total. The second-order valence-corrected chi connectivity index (χ2v) is 4.54. The van der Waals surface area contributed by atoms with Crippen LogP contribution in [0.3, 0.4) is 0 Å². The summed E-state index contributed by atoms with van der Waals surface area (Å²) in [5.74, 6) is 1.04. The molecule has 1 aromatic carbocycles. The first-order valence-electron chi connectivity index (χ1n) is 7.17. The first kappa shape index (κ1) is 15.2. The maximum atomic E-state index is 11.9. The van der Waals surface area contributed by atoms with Crippen LogP contribution in [0, 0.1) is 0 Å². The average Bonchev–Trinajstić information content (AvgIpc) is 2.51. The number of hydrogen-bond acceptors (Lipinski definition) is 4. The maximum Gasteiger partial charge on any atom is 0.337 e. The molecule has 4 heteroatoms. The fourth-order valence-electron chi connectivity index (χ4n) is 2.02. The maximum absolute atomic E-state index is 11.9. The van der Waals surface area contributed by atoms with Crippen molar-refractivity contribution in [2.45, 2.75) is 20.3 Å². The quantitative estimate of drug-likeness (QED) is 0.594. The number of ether oxygens (including phenoxy) is 3. The highest BCUT2D eigenvalue weighted by molar-refractivity contribution is 5.95. The van der Waals surface area contributed by atoms with Gasteiger partial charge in [0.15, 0.2) is 11.5 Å². The van der Waals surface area contributed by atoms with Crippen molar-refractivity contribution >= 4 is 12.0 Å². The van der Waals surface area contributed by atoms with Crippen LogP contribution in [-0.4, -0.2) is 25.8 Å². The van der Waals surface area contributed by atoms with Gasteiger partial charge >= 0.3 is 5.97 Å². The lowest BCUT2D eigenvalue weighted by molar-refractivity contribution is -0.138. The first-order chi connectivity index (χ1) is 10.3. The molecule has 112 valence electrons. The summed E-state index contributed by atoms with van der Waals surface area (Å²) in [6, 6.07) is 5.62. The van der Waals surface area contributed by atoms with Crippen molar-refractivity contribution in [2.75, 3.05) is 19.8 Å². The van der Waals surface area contributed by atoms with Gasteiger partial charge in [0, 0.05) is 5.56 Å². The number of carbonyl (C=O) groups excluding carboxylic acids is 1. The molecule has 2 rings (SSSR count). The Morgan fingerprint density at radius 3 is 2.95 bits per heavy atom. The Bertz CT molecular complexity index is 558. The normalized spacial score (nSPS) is 13.3. The SMILES string of the molecule is CC/C=C/COC(=O)C1=Cc2cccc(OCC)c2OC1. The highest BCUT2D eigenvalue weighted by atomic mass is 16.5. The van der Waals surface area contributed by atoms with Crippen LogP contribution < -0.4 is 9.47 Å². The molecule has 0 atom stereocenters. The zero-order valence-corrected chi connectivity index (χ0v) is 12.4. The number of para-hydroxylation sites is 1. The Kier molecular flexibility index (Phi) is 5.43. The van der Waals surface area contributed by atoms with E-state index in [1.54, 1.807) is 6.08 Å². The average molecular weight is 288 g/mol. The third-order valence-electron chi connectivity index (χ3n) is 2.99. The van der Waals surface area contributed by atoms with Gasteiger partial charge in [0.1, 0.15) is 13.2 Å². The molecule has 0 fully saturated rings. The molecule has 1 aliphatic heterocycles. The smallest absolute Gasteiger partial charge is 0.337 e. The van der Waals surface area contributed by atoms with Gasteiger partial charge in [-0.1, -0.05) is 31.2 Å². The molecular formula is C17H20O4. The molecule has 0 aromatic heterocycles. The first-order valence-corrected chi connectivity index (χ1v) is 7.17. The van der Waals surface area contributed by atoms with Crippen LogP contribution in [0.2, 0.25) is 0 Å². The molecule has 21 heavy (non-hydrogen) atoms. The molecule has 0 radical (unpaired) electrons. The predicted octanol–water partition coefficient (Wildman–Crippen LogP) is 3.37. The molecule has 0 spiro atoms. The van der Waals surface area contributed by atoms with Crippen LogP contribution in [-0.2, 0) is 9.53 Å². The minimum absolute atomic E-state index is 0.202. The summed E-state index contributed by atoms with van der Waals surface area (Å²) in [7, 11) is 0. The van der Waals surface area contributed by atoms with Crippen molar-refractivity contribution in [3.05, 3.63) is 41.5 Å². The van der Waals surface area contributed by atoms with Gasteiger partial charge in [0.25, 0.3) is 0 Å². The third kappa shape index (κ3) is 3.88. The van der Waals surface area contributed by atoms with E-state index < -0.39 is 0 Å². The van der Waals surface area contributed by atoms with Gasteiger partial charge < -0.3 is 14.2 Å². The van der Waals surface area contributed by atoms with Gasteiger partial charge in [-0.05, 0) is 25.5 Å². The second kappa shape index (κ2) is 7.53. The van der Waals surface area contributed by atoms with Gasteiger partial charge in [0.2, 0.25) is 0 Å². The molecule has 1 aromatic rings. The summed E-state index contributed by atoms with van der Waals surface area (Å²) in [6.07, 6.45) is 6.52. The van der Waals surface area contributed by atoms with E-state index in [0.717, 1.165) is 12.0 Å². The Hall–Kier alpha value is -2.23. The number of esters is 1. The zero-order valence-electron chi connectivity index (χ0n) is 12.4. The number of benzene rings is 1. The second-order valence-electron chi connectivity index (χ2n) is 4.54. The summed E-state index contributed by atoms with van der Waals surface area (Å²) in [5, 5.41) is 0. The molecule has 1 heterocycles. The Morgan fingerprint density at radius 2 is 2.19 bits per heavy atom. The molecule has 0 bridgehead atoms. The van der Waals surface area contributed by atoms with Crippen molar-refractivity contribution in [1.29, 1.82) is 0 Å². The lowest BCUT2D eigenvalue weighted by Gasteiger charge is -2.19. The summed E-state index contributed by atoms with van der Waals surface area (Å²) in [4.78, 5) is 11.9. The molecule has 0 saturated heterocycles. The number of fused-ring (bicyclic) bond motifs is 1. The van der Waals surface area contributed by atoms with Crippen LogP contribution in [0.1, 0.15) is 25.8 Å². The molecular weight excluding hydrogens is 268 g/mol. The summed E-state index contributed by atoms with van der Waals surface area (Å²) in [6.45, 7) is 5.01. The van der Waals surface area contributed by atoms with E-state index in [1.165, 1.54) is 0 Å². The molecule has 0 unspecified atom stereocenters. The molecule has 1 aliphatic rings. The highest BCUT2D eigenvalue weighted by Gasteiger charge is 2.20. The van der Waals surface area contributed by atoms with Gasteiger partial charge in [0.05, 0.1) is 12.2 Å². The van der Waals surface area contributed by atoms with Crippen molar-refractivity contribution < 1.29 is 19.0 Å². The van der Waals surface area contributed by atoms with E-state index in [-0.39, 0.29) is 19.2 Å².